The second kappa shape index (κ2) is 5.68. The van der Waals surface area contributed by atoms with Gasteiger partial charge in [0, 0.05) is 22.5 Å². The lowest BCUT2D eigenvalue weighted by Gasteiger charge is -2.33. The zero-order valence-electron chi connectivity index (χ0n) is 12.3. The van der Waals surface area contributed by atoms with Gasteiger partial charge in [-0.15, -0.1) is 11.3 Å². The number of hydrogen-bond donors (Lipinski definition) is 3. The number of nitrogens with zero attached hydrogens (tertiary/aromatic N) is 1. The van der Waals surface area contributed by atoms with Crippen LogP contribution < -0.4 is 16.8 Å². The van der Waals surface area contributed by atoms with Crippen LogP contribution >= 0.6 is 11.3 Å². The van der Waals surface area contributed by atoms with Crippen molar-refractivity contribution in [2.24, 2.45) is 5.73 Å². The largest absolute Gasteiger partial charge is 0.405 e. The Balaban J connectivity index is 1.74. The number of halogens is 3. The highest BCUT2D eigenvalue weighted by Gasteiger charge is 2.34. The Morgan fingerprint density at radius 1 is 1.26 bits per heavy atom. The Kier molecular flexibility index (Phi) is 3.97. The molecule has 0 saturated heterocycles. The number of hydrogen-bond acceptors (Lipinski definition) is 5. The van der Waals surface area contributed by atoms with Gasteiger partial charge in [0.2, 0.25) is 0 Å². The molecule has 124 valence electrons. The maximum atomic E-state index is 12.2. The highest BCUT2D eigenvalue weighted by Crippen LogP contribution is 2.37. The quantitative estimate of drug-likeness (QED) is 0.801. The third-order valence-corrected chi connectivity index (χ3v) is 4.96. The molecule has 3 rings (SSSR count). The number of anilines is 2. The summed E-state index contributed by atoms with van der Waals surface area (Å²) < 4.78 is 36.7. The van der Waals surface area contributed by atoms with Gasteiger partial charge in [0.15, 0.2) is 5.13 Å². The summed E-state index contributed by atoms with van der Waals surface area (Å²) in [5.41, 5.74) is 14.1. The molecule has 0 spiro atoms. The van der Waals surface area contributed by atoms with Crippen LogP contribution in [0.4, 0.5) is 24.0 Å². The summed E-state index contributed by atoms with van der Waals surface area (Å²) in [6, 6.07) is 6.83. The van der Waals surface area contributed by atoms with Crippen molar-refractivity contribution in [3.63, 3.8) is 0 Å². The van der Waals surface area contributed by atoms with Crippen molar-refractivity contribution < 1.29 is 13.2 Å². The maximum Gasteiger partial charge on any atom is 0.405 e. The Labute approximate surface area is 135 Å². The summed E-state index contributed by atoms with van der Waals surface area (Å²) in [7, 11) is 0. The number of aromatic nitrogens is 1. The van der Waals surface area contributed by atoms with E-state index in [1.165, 1.54) is 11.3 Å². The lowest BCUT2D eigenvalue weighted by atomic mass is 9.78. The van der Waals surface area contributed by atoms with E-state index in [2.05, 4.69) is 10.3 Å². The molecule has 0 saturated carbocycles. The van der Waals surface area contributed by atoms with E-state index >= 15 is 0 Å². The molecule has 2 aromatic rings. The van der Waals surface area contributed by atoms with Crippen molar-refractivity contribution in [1.29, 1.82) is 0 Å². The standard InChI is InChI=1S/C15H17F3N4S/c16-15(17,18)8-21-10-3-1-9(2-4-10)14(20)6-5-11-12(7-14)23-13(19)22-11/h1-4,21H,5-8,20H2,(H2,19,22). The van der Waals surface area contributed by atoms with E-state index in [-0.39, 0.29) is 0 Å². The van der Waals surface area contributed by atoms with Gasteiger partial charge in [-0.1, -0.05) is 12.1 Å². The zero-order valence-corrected chi connectivity index (χ0v) is 13.1. The van der Waals surface area contributed by atoms with Gasteiger partial charge in [0.25, 0.3) is 0 Å². The summed E-state index contributed by atoms with van der Waals surface area (Å²) in [5, 5.41) is 2.90. The van der Waals surface area contributed by atoms with Gasteiger partial charge < -0.3 is 16.8 Å². The number of aryl methyl sites for hydroxylation is 1. The van der Waals surface area contributed by atoms with Crippen LogP contribution in [0.5, 0.6) is 0 Å². The predicted octanol–water partition coefficient (Wildman–Crippen LogP) is 3.04. The first-order chi connectivity index (χ1) is 10.8. The number of benzene rings is 1. The molecule has 5 N–H and O–H groups in total. The molecule has 0 bridgehead atoms. The Bertz CT molecular complexity index is 696. The summed E-state index contributed by atoms with van der Waals surface area (Å²) in [6.45, 7) is -1.05. The van der Waals surface area contributed by atoms with Crippen LogP contribution in [0.1, 0.15) is 22.6 Å². The number of nitrogen functional groups attached to an aromatic ring is 1. The van der Waals surface area contributed by atoms with Crippen LogP contribution in [0, 0.1) is 0 Å². The van der Waals surface area contributed by atoms with Crippen molar-refractivity contribution in [2.45, 2.75) is 31.0 Å². The van der Waals surface area contributed by atoms with Crippen molar-refractivity contribution in [1.82, 2.24) is 4.98 Å². The third kappa shape index (κ3) is 3.59. The molecule has 4 nitrogen and oxygen atoms in total. The smallest absolute Gasteiger partial charge is 0.376 e. The van der Waals surface area contributed by atoms with Crippen LogP contribution in [0.3, 0.4) is 0 Å². The van der Waals surface area contributed by atoms with E-state index in [0.29, 0.717) is 17.2 Å². The molecule has 1 aliphatic carbocycles. The van der Waals surface area contributed by atoms with Gasteiger partial charge in [-0.05, 0) is 30.5 Å². The van der Waals surface area contributed by atoms with Crippen molar-refractivity contribution >= 4 is 22.2 Å². The monoisotopic (exact) mass is 342 g/mol. The highest BCUT2D eigenvalue weighted by molar-refractivity contribution is 7.15. The molecular weight excluding hydrogens is 325 g/mol. The van der Waals surface area contributed by atoms with E-state index in [9.17, 15) is 13.2 Å². The van der Waals surface area contributed by atoms with Crippen LogP contribution in [-0.4, -0.2) is 17.7 Å². The van der Waals surface area contributed by atoms with Crippen LogP contribution in [-0.2, 0) is 18.4 Å². The summed E-state index contributed by atoms with van der Waals surface area (Å²) in [5.74, 6) is 0. The molecule has 0 radical (unpaired) electrons. The van der Waals surface area contributed by atoms with E-state index < -0.39 is 18.3 Å². The maximum absolute atomic E-state index is 12.2. The van der Waals surface area contributed by atoms with Gasteiger partial charge in [-0.3, -0.25) is 0 Å². The number of nitrogens with two attached hydrogens (primary N) is 2. The molecule has 1 aliphatic rings. The van der Waals surface area contributed by atoms with E-state index in [0.717, 1.165) is 29.0 Å². The second-order valence-corrected chi connectivity index (χ2v) is 6.92. The van der Waals surface area contributed by atoms with Crippen molar-refractivity contribution in [2.75, 3.05) is 17.6 Å². The fourth-order valence-corrected chi connectivity index (χ4v) is 3.83. The first-order valence-corrected chi connectivity index (χ1v) is 8.01. The number of nitrogens with one attached hydrogen (secondary N) is 1. The first-order valence-electron chi connectivity index (χ1n) is 7.19. The Hall–Kier alpha value is -1.80. The number of alkyl halides is 3. The number of thiazole rings is 1. The minimum absolute atomic E-state index is 0.424. The lowest BCUT2D eigenvalue weighted by Crippen LogP contribution is -2.41. The molecule has 8 heteroatoms. The predicted molar refractivity (Wildman–Crippen MR) is 85.4 cm³/mol. The molecule has 1 heterocycles. The van der Waals surface area contributed by atoms with E-state index in [4.69, 9.17) is 11.5 Å². The summed E-state index contributed by atoms with van der Waals surface area (Å²) in [4.78, 5) is 5.39. The van der Waals surface area contributed by atoms with E-state index in [1.807, 2.05) is 0 Å². The van der Waals surface area contributed by atoms with Gasteiger partial charge >= 0.3 is 6.18 Å². The minimum Gasteiger partial charge on any atom is -0.376 e. The Morgan fingerprint density at radius 3 is 2.61 bits per heavy atom. The molecule has 0 amide bonds. The lowest BCUT2D eigenvalue weighted by molar-refractivity contribution is -0.115. The van der Waals surface area contributed by atoms with Crippen molar-refractivity contribution in [3.8, 4) is 0 Å². The molecular formula is C15H17F3N4S. The average Bonchev–Trinajstić information content (AvgIpc) is 2.84. The number of rotatable bonds is 3. The summed E-state index contributed by atoms with van der Waals surface area (Å²) in [6.07, 6.45) is -2.10. The SMILES string of the molecule is Nc1nc2c(s1)CC(N)(c1ccc(NCC(F)(F)F)cc1)CC2. The zero-order chi connectivity index (χ0) is 16.7. The van der Waals surface area contributed by atoms with Gasteiger partial charge in [0.1, 0.15) is 6.54 Å². The molecule has 1 aromatic carbocycles. The summed E-state index contributed by atoms with van der Waals surface area (Å²) >= 11 is 1.45. The van der Waals surface area contributed by atoms with Crippen LogP contribution in [0.25, 0.3) is 0 Å². The normalized spacial score (nSPS) is 21.0. The van der Waals surface area contributed by atoms with Crippen molar-refractivity contribution in [3.05, 3.63) is 40.4 Å². The number of fused-ring (bicyclic) bond motifs is 1. The van der Waals surface area contributed by atoms with E-state index in [1.54, 1.807) is 24.3 Å². The molecule has 1 atom stereocenters. The van der Waals surface area contributed by atoms with Crippen LogP contribution in [0.15, 0.2) is 24.3 Å². The minimum atomic E-state index is -4.24. The molecule has 0 fully saturated rings. The fraction of sp³-hybridized carbons (Fsp3) is 0.400. The van der Waals surface area contributed by atoms with Gasteiger partial charge in [-0.25, -0.2) is 4.98 Å². The molecule has 23 heavy (non-hydrogen) atoms. The average molecular weight is 342 g/mol. The van der Waals surface area contributed by atoms with Gasteiger partial charge in [0.05, 0.1) is 5.69 Å². The third-order valence-electron chi connectivity index (χ3n) is 4.03. The second-order valence-electron chi connectivity index (χ2n) is 5.80. The molecule has 0 aliphatic heterocycles. The molecule has 1 unspecified atom stereocenters. The van der Waals surface area contributed by atoms with Gasteiger partial charge in [-0.2, -0.15) is 13.2 Å². The highest BCUT2D eigenvalue weighted by atomic mass is 32.1. The first kappa shape index (κ1) is 16.1. The topological polar surface area (TPSA) is 77.0 Å². The van der Waals surface area contributed by atoms with Crippen LogP contribution in [0.2, 0.25) is 0 Å². The molecule has 1 aromatic heterocycles. The Morgan fingerprint density at radius 2 is 1.96 bits per heavy atom. The fourth-order valence-electron chi connectivity index (χ4n) is 2.82.